The first-order valence-electron chi connectivity index (χ1n) is 8.00. The van der Waals surface area contributed by atoms with Gasteiger partial charge in [-0.05, 0) is 36.1 Å². The van der Waals surface area contributed by atoms with Crippen LogP contribution in [0.1, 0.15) is 11.5 Å². The first kappa shape index (κ1) is 19.1. The van der Waals surface area contributed by atoms with E-state index in [0.29, 0.717) is 11.5 Å². The molecule has 10 heteroatoms. The van der Waals surface area contributed by atoms with Crippen molar-refractivity contribution in [3.8, 4) is 10.7 Å². The minimum atomic E-state index is -3.62. The molecule has 2 aromatic heterocycles. The van der Waals surface area contributed by atoms with E-state index in [1.165, 1.54) is 11.3 Å². The molecule has 8 nitrogen and oxygen atoms in total. The number of rotatable bonds is 7. The van der Waals surface area contributed by atoms with E-state index in [0.717, 1.165) is 21.0 Å². The van der Waals surface area contributed by atoms with Crippen LogP contribution < -0.4 is 9.62 Å². The van der Waals surface area contributed by atoms with Gasteiger partial charge in [0.15, 0.2) is 0 Å². The predicted molar refractivity (Wildman–Crippen MR) is 103 cm³/mol. The van der Waals surface area contributed by atoms with E-state index in [2.05, 4.69) is 15.5 Å². The summed E-state index contributed by atoms with van der Waals surface area (Å²) in [5.74, 6) is 0.220. The summed E-state index contributed by atoms with van der Waals surface area (Å²) in [5, 5.41) is 8.37. The Balaban J connectivity index is 1.65. The van der Waals surface area contributed by atoms with Crippen molar-refractivity contribution in [1.29, 1.82) is 0 Å². The lowest BCUT2D eigenvalue weighted by Crippen LogP contribution is -2.40. The number of nitrogens with zero attached hydrogens (tertiary/aromatic N) is 3. The van der Waals surface area contributed by atoms with Crippen molar-refractivity contribution in [2.24, 2.45) is 0 Å². The van der Waals surface area contributed by atoms with Crippen LogP contribution in [0.15, 0.2) is 46.3 Å². The van der Waals surface area contributed by atoms with Gasteiger partial charge in [-0.1, -0.05) is 23.4 Å². The third-order valence-corrected chi connectivity index (χ3v) is 5.63. The van der Waals surface area contributed by atoms with E-state index in [1.54, 1.807) is 18.2 Å². The molecule has 0 radical (unpaired) electrons. The van der Waals surface area contributed by atoms with Crippen LogP contribution in [-0.4, -0.2) is 37.3 Å². The molecule has 0 unspecified atom stereocenters. The summed E-state index contributed by atoms with van der Waals surface area (Å²) in [4.78, 5) is 17.3. The summed E-state index contributed by atoms with van der Waals surface area (Å²) in [6.07, 6.45) is 1.06. The molecule has 0 spiro atoms. The van der Waals surface area contributed by atoms with Gasteiger partial charge in [-0.3, -0.25) is 9.10 Å². The van der Waals surface area contributed by atoms with Gasteiger partial charge in [0.05, 0.1) is 23.4 Å². The largest absolute Gasteiger partial charge is 0.345 e. The molecule has 1 N–H and O–H groups in total. The van der Waals surface area contributed by atoms with Crippen LogP contribution in [0.25, 0.3) is 10.7 Å². The molecule has 0 saturated carbocycles. The summed E-state index contributed by atoms with van der Waals surface area (Å²) in [7, 11) is -3.62. The molecule has 0 bridgehead atoms. The number of carbonyl (C=O) groups excluding carboxylic acids is 1. The fourth-order valence-corrected chi connectivity index (χ4v) is 3.87. The summed E-state index contributed by atoms with van der Waals surface area (Å²) < 4.78 is 30.4. The zero-order valence-corrected chi connectivity index (χ0v) is 16.4. The van der Waals surface area contributed by atoms with Gasteiger partial charge in [0.2, 0.25) is 27.6 Å². The number of hydrogen-bond acceptors (Lipinski definition) is 7. The van der Waals surface area contributed by atoms with Crippen molar-refractivity contribution in [3.63, 3.8) is 0 Å². The smallest absolute Gasteiger partial charge is 0.246 e. The van der Waals surface area contributed by atoms with Crippen molar-refractivity contribution in [1.82, 2.24) is 15.5 Å². The lowest BCUT2D eigenvalue weighted by Gasteiger charge is -2.22. The molecular weight excluding hydrogens is 388 g/mol. The Morgan fingerprint density at radius 2 is 2.11 bits per heavy atom. The number of benzene rings is 1. The maximum atomic E-state index is 12.3. The van der Waals surface area contributed by atoms with Gasteiger partial charge in [0.1, 0.15) is 6.54 Å². The number of thiophene rings is 1. The third-order valence-electron chi connectivity index (χ3n) is 3.62. The SMILES string of the molecule is Cc1cccc(N(CC(=O)NCc2nc(-c3cccs3)no2)S(C)(=O)=O)c1. The summed E-state index contributed by atoms with van der Waals surface area (Å²) in [6, 6.07) is 10.7. The van der Waals surface area contributed by atoms with E-state index in [4.69, 9.17) is 4.52 Å². The van der Waals surface area contributed by atoms with Crippen LogP contribution in [0.2, 0.25) is 0 Å². The van der Waals surface area contributed by atoms with E-state index in [9.17, 15) is 13.2 Å². The molecule has 0 aliphatic heterocycles. The van der Waals surface area contributed by atoms with Gasteiger partial charge in [-0.15, -0.1) is 11.3 Å². The highest BCUT2D eigenvalue weighted by molar-refractivity contribution is 7.92. The highest BCUT2D eigenvalue weighted by atomic mass is 32.2. The normalized spacial score (nSPS) is 11.3. The molecule has 0 aliphatic carbocycles. The second-order valence-corrected chi connectivity index (χ2v) is 8.73. The summed E-state index contributed by atoms with van der Waals surface area (Å²) in [6.45, 7) is 1.53. The number of aryl methyl sites for hydroxylation is 1. The number of anilines is 1. The zero-order chi connectivity index (χ0) is 19.4. The molecule has 27 heavy (non-hydrogen) atoms. The maximum Gasteiger partial charge on any atom is 0.246 e. The molecule has 142 valence electrons. The van der Waals surface area contributed by atoms with Gasteiger partial charge in [-0.25, -0.2) is 8.42 Å². The average Bonchev–Trinajstić information content (AvgIpc) is 3.28. The van der Waals surface area contributed by atoms with Crippen molar-refractivity contribution in [3.05, 3.63) is 53.2 Å². The molecule has 3 rings (SSSR count). The Bertz CT molecular complexity index is 1030. The number of hydrogen-bond donors (Lipinski definition) is 1. The summed E-state index contributed by atoms with van der Waals surface area (Å²) in [5.41, 5.74) is 1.33. The average molecular weight is 406 g/mol. The molecular formula is C17H18N4O4S2. The Kier molecular flexibility index (Phi) is 5.57. The van der Waals surface area contributed by atoms with E-state index in [-0.39, 0.29) is 19.0 Å². The van der Waals surface area contributed by atoms with Crippen LogP contribution in [0.4, 0.5) is 5.69 Å². The molecule has 3 aromatic rings. The zero-order valence-electron chi connectivity index (χ0n) is 14.7. The highest BCUT2D eigenvalue weighted by Gasteiger charge is 2.21. The predicted octanol–water partition coefficient (Wildman–Crippen LogP) is 2.19. The van der Waals surface area contributed by atoms with E-state index in [1.807, 2.05) is 30.5 Å². The third kappa shape index (κ3) is 4.92. The topological polar surface area (TPSA) is 105 Å². The Hall–Kier alpha value is -2.72. The fourth-order valence-electron chi connectivity index (χ4n) is 2.38. The second kappa shape index (κ2) is 7.89. The second-order valence-electron chi connectivity index (χ2n) is 5.87. The van der Waals surface area contributed by atoms with E-state index < -0.39 is 15.9 Å². The molecule has 1 amide bonds. The first-order chi connectivity index (χ1) is 12.8. The Morgan fingerprint density at radius 1 is 1.30 bits per heavy atom. The molecule has 1 aromatic carbocycles. The lowest BCUT2D eigenvalue weighted by atomic mass is 10.2. The Labute approximate surface area is 160 Å². The van der Waals surface area contributed by atoms with Crippen LogP contribution in [0, 0.1) is 6.92 Å². The molecule has 0 aliphatic rings. The van der Waals surface area contributed by atoms with Crippen molar-refractivity contribution >= 4 is 33.0 Å². The van der Waals surface area contributed by atoms with Gasteiger partial charge < -0.3 is 9.84 Å². The molecule has 2 heterocycles. The van der Waals surface area contributed by atoms with Crippen LogP contribution in [-0.2, 0) is 21.4 Å². The van der Waals surface area contributed by atoms with Crippen LogP contribution in [0.5, 0.6) is 0 Å². The minimum Gasteiger partial charge on any atom is -0.345 e. The van der Waals surface area contributed by atoms with Gasteiger partial charge in [0, 0.05) is 0 Å². The highest BCUT2D eigenvalue weighted by Crippen LogP contribution is 2.21. The van der Waals surface area contributed by atoms with Crippen LogP contribution in [0.3, 0.4) is 0 Å². The minimum absolute atomic E-state index is 0.0165. The van der Waals surface area contributed by atoms with Crippen molar-refractivity contribution in [2.45, 2.75) is 13.5 Å². The van der Waals surface area contributed by atoms with E-state index >= 15 is 0 Å². The maximum absolute atomic E-state index is 12.3. The monoisotopic (exact) mass is 406 g/mol. The summed E-state index contributed by atoms with van der Waals surface area (Å²) >= 11 is 1.48. The van der Waals surface area contributed by atoms with Gasteiger partial charge in [0.25, 0.3) is 0 Å². The van der Waals surface area contributed by atoms with Crippen LogP contribution >= 0.6 is 11.3 Å². The quantitative estimate of drug-likeness (QED) is 0.645. The number of nitrogens with one attached hydrogen (secondary N) is 1. The molecule has 0 fully saturated rings. The number of carbonyl (C=O) groups is 1. The van der Waals surface area contributed by atoms with Crippen molar-refractivity contribution < 1.29 is 17.7 Å². The molecule has 0 atom stereocenters. The number of sulfonamides is 1. The molecule has 0 saturated heterocycles. The lowest BCUT2D eigenvalue weighted by molar-refractivity contribution is -0.119. The number of aromatic nitrogens is 2. The number of amides is 1. The standard InChI is InChI=1S/C17H18N4O4S2/c1-12-5-3-6-13(9-12)21(27(2,23)24)11-15(22)18-10-16-19-17(20-25-16)14-7-4-8-26-14/h3-9H,10-11H2,1-2H3,(H,18,22). The van der Waals surface area contributed by atoms with Gasteiger partial charge in [-0.2, -0.15) is 4.98 Å². The Morgan fingerprint density at radius 3 is 2.78 bits per heavy atom. The van der Waals surface area contributed by atoms with Crippen molar-refractivity contribution in [2.75, 3.05) is 17.1 Å². The fraction of sp³-hybridized carbons (Fsp3) is 0.235. The first-order valence-corrected chi connectivity index (χ1v) is 10.7. The van der Waals surface area contributed by atoms with Gasteiger partial charge >= 0.3 is 0 Å².